The van der Waals surface area contributed by atoms with Gasteiger partial charge in [0.25, 0.3) is 0 Å². The van der Waals surface area contributed by atoms with Gasteiger partial charge in [-0.25, -0.2) is 0 Å². The number of rotatable bonds is 8. The van der Waals surface area contributed by atoms with Crippen molar-refractivity contribution in [1.29, 1.82) is 0 Å². The van der Waals surface area contributed by atoms with Crippen molar-refractivity contribution in [2.75, 3.05) is 20.3 Å². The number of benzene rings is 1. The van der Waals surface area contributed by atoms with Crippen molar-refractivity contribution in [3.63, 3.8) is 0 Å². The van der Waals surface area contributed by atoms with Crippen molar-refractivity contribution >= 4 is 15.9 Å². The molecule has 0 saturated carbocycles. The summed E-state index contributed by atoms with van der Waals surface area (Å²) in [5.41, 5.74) is 2.62. The first-order valence-corrected chi connectivity index (χ1v) is 6.98. The minimum absolute atomic E-state index is 0.880. The van der Waals surface area contributed by atoms with Crippen LogP contribution in [0.25, 0.3) is 0 Å². The average molecular weight is 300 g/mol. The standard InChI is InChI=1S/C14H22BrNO/c1-12-6-7-13(10-14(12)15)11-16-8-4-3-5-9-17-2/h6-7,10,16H,3-5,8-9,11H2,1-2H3. The van der Waals surface area contributed by atoms with Crippen LogP contribution in [-0.4, -0.2) is 20.3 Å². The molecule has 1 N–H and O–H groups in total. The highest BCUT2D eigenvalue weighted by Gasteiger charge is 1.97. The van der Waals surface area contributed by atoms with Crippen LogP contribution in [0.3, 0.4) is 0 Å². The normalized spacial score (nSPS) is 10.8. The summed E-state index contributed by atoms with van der Waals surface area (Å²) < 4.78 is 6.21. The van der Waals surface area contributed by atoms with Crippen molar-refractivity contribution in [3.05, 3.63) is 33.8 Å². The molecule has 0 radical (unpaired) electrons. The summed E-state index contributed by atoms with van der Waals surface area (Å²) in [6.07, 6.45) is 3.61. The van der Waals surface area contributed by atoms with E-state index in [1.165, 1.54) is 28.4 Å². The molecule has 3 heteroatoms. The highest BCUT2D eigenvalue weighted by Crippen LogP contribution is 2.17. The maximum Gasteiger partial charge on any atom is 0.0462 e. The van der Waals surface area contributed by atoms with Gasteiger partial charge in [-0.05, 0) is 49.9 Å². The molecule has 0 heterocycles. The molecule has 0 aromatic heterocycles. The number of aryl methyl sites for hydroxylation is 1. The largest absolute Gasteiger partial charge is 0.385 e. The summed E-state index contributed by atoms with van der Waals surface area (Å²) in [6, 6.07) is 6.52. The molecule has 0 fully saturated rings. The first kappa shape index (κ1) is 14.7. The van der Waals surface area contributed by atoms with E-state index in [9.17, 15) is 0 Å². The van der Waals surface area contributed by atoms with Gasteiger partial charge < -0.3 is 10.1 Å². The number of ether oxygens (including phenoxy) is 1. The van der Waals surface area contributed by atoms with Gasteiger partial charge in [-0.3, -0.25) is 0 Å². The van der Waals surface area contributed by atoms with Gasteiger partial charge in [-0.2, -0.15) is 0 Å². The number of methoxy groups -OCH3 is 1. The third-order valence-electron chi connectivity index (χ3n) is 2.77. The number of hydrogen-bond donors (Lipinski definition) is 1. The van der Waals surface area contributed by atoms with Crippen molar-refractivity contribution in [2.24, 2.45) is 0 Å². The third kappa shape index (κ3) is 6.20. The smallest absolute Gasteiger partial charge is 0.0462 e. The summed E-state index contributed by atoms with van der Waals surface area (Å²) in [5.74, 6) is 0. The quantitative estimate of drug-likeness (QED) is 0.740. The highest BCUT2D eigenvalue weighted by molar-refractivity contribution is 9.10. The first-order valence-electron chi connectivity index (χ1n) is 6.18. The zero-order chi connectivity index (χ0) is 12.5. The SMILES string of the molecule is COCCCCCNCc1ccc(C)c(Br)c1. The molecule has 96 valence electrons. The second kappa shape index (κ2) is 8.67. The van der Waals surface area contributed by atoms with E-state index < -0.39 is 0 Å². The van der Waals surface area contributed by atoms with Crippen molar-refractivity contribution < 1.29 is 4.74 Å². The van der Waals surface area contributed by atoms with Gasteiger partial charge in [0.1, 0.15) is 0 Å². The van der Waals surface area contributed by atoms with E-state index in [1.807, 2.05) is 0 Å². The van der Waals surface area contributed by atoms with Crippen molar-refractivity contribution in [2.45, 2.75) is 32.7 Å². The molecule has 0 amide bonds. The Morgan fingerprint density at radius 1 is 1.24 bits per heavy atom. The molecule has 0 unspecified atom stereocenters. The Kier molecular flexibility index (Phi) is 7.49. The van der Waals surface area contributed by atoms with Crippen LogP contribution in [-0.2, 0) is 11.3 Å². The highest BCUT2D eigenvalue weighted by atomic mass is 79.9. The molecule has 0 spiro atoms. The fourth-order valence-corrected chi connectivity index (χ4v) is 2.08. The minimum Gasteiger partial charge on any atom is -0.385 e. The molecule has 0 aliphatic heterocycles. The summed E-state index contributed by atoms with van der Waals surface area (Å²) >= 11 is 3.56. The van der Waals surface area contributed by atoms with Gasteiger partial charge in [0, 0.05) is 24.7 Å². The molecule has 17 heavy (non-hydrogen) atoms. The summed E-state index contributed by atoms with van der Waals surface area (Å²) in [5, 5.41) is 3.46. The lowest BCUT2D eigenvalue weighted by molar-refractivity contribution is 0.192. The van der Waals surface area contributed by atoms with Crippen molar-refractivity contribution in [1.82, 2.24) is 5.32 Å². The number of unbranched alkanes of at least 4 members (excludes halogenated alkanes) is 2. The maximum atomic E-state index is 5.02. The van der Waals surface area contributed by atoms with Crippen LogP contribution in [0.4, 0.5) is 0 Å². The monoisotopic (exact) mass is 299 g/mol. The molecule has 0 saturated heterocycles. The predicted octanol–water partition coefficient (Wildman–Crippen LogP) is 3.66. The zero-order valence-electron chi connectivity index (χ0n) is 10.8. The van der Waals surface area contributed by atoms with Crippen LogP contribution in [0.15, 0.2) is 22.7 Å². The van der Waals surface area contributed by atoms with E-state index in [0.29, 0.717) is 0 Å². The van der Waals surface area contributed by atoms with Crippen LogP contribution < -0.4 is 5.32 Å². The minimum atomic E-state index is 0.880. The molecule has 1 aromatic carbocycles. The molecule has 1 rings (SSSR count). The summed E-state index contributed by atoms with van der Waals surface area (Å²) in [6.45, 7) is 5.01. The van der Waals surface area contributed by atoms with E-state index >= 15 is 0 Å². The Labute approximate surface area is 113 Å². The molecule has 0 aliphatic carbocycles. The third-order valence-corrected chi connectivity index (χ3v) is 3.62. The summed E-state index contributed by atoms with van der Waals surface area (Å²) in [4.78, 5) is 0. The lowest BCUT2D eigenvalue weighted by Gasteiger charge is -2.06. The Morgan fingerprint density at radius 2 is 2.06 bits per heavy atom. The van der Waals surface area contributed by atoms with Crippen LogP contribution in [0.1, 0.15) is 30.4 Å². The van der Waals surface area contributed by atoms with Gasteiger partial charge >= 0.3 is 0 Å². The van der Waals surface area contributed by atoms with E-state index in [0.717, 1.165) is 26.1 Å². The van der Waals surface area contributed by atoms with E-state index in [2.05, 4.69) is 46.4 Å². The molecule has 2 nitrogen and oxygen atoms in total. The molecule has 0 bridgehead atoms. The van der Waals surface area contributed by atoms with E-state index in [-0.39, 0.29) is 0 Å². The zero-order valence-corrected chi connectivity index (χ0v) is 12.3. The maximum absolute atomic E-state index is 5.02. The number of nitrogens with one attached hydrogen (secondary N) is 1. The Hall–Kier alpha value is -0.380. The molecular formula is C14H22BrNO. The van der Waals surface area contributed by atoms with Gasteiger partial charge in [-0.1, -0.05) is 28.1 Å². The van der Waals surface area contributed by atoms with E-state index in [1.54, 1.807) is 7.11 Å². The second-order valence-electron chi connectivity index (χ2n) is 4.31. The molecular weight excluding hydrogens is 278 g/mol. The first-order chi connectivity index (χ1) is 8.24. The lowest BCUT2D eigenvalue weighted by atomic mass is 10.1. The predicted molar refractivity (Wildman–Crippen MR) is 76.3 cm³/mol. The van der Waals surface area contributed by atoms with Gasteiger partial charge in [-0.15, -0.1) is 0 Å². The topological polar surface area (TPSA) is 21.3 Å². The van der Waals surface area contributed by atoms with Gasteiger partial charge in [0.2, 0.25) is 0 Å². The number of halogens is 1. The Balaban J connectivity index is 2.11. The average Bonchev–Trinajstić information content (AvgIpc) is 2.32. The Bertz CT molecular complexity index is 328. The van der Waals surface area contributed by atoms with E-state index in [4.69, 9.17) is 4.74 Å². The van der Waals surface area contributed by atoms with Crippen LogP contribution in [0.5, 0.6) is 0 Å². The molecule has 1 aromatic rings. The van der Waals surface area contributed by atoms with Gasteiger partial charge in [0.15, 0.2) is 0 Å². The van der Waals surface area contributed by atoms with Crippen LogP contribution >= 0.6 is 15.9 Å². The van der Waals surface area contributed by atoms with Crippen molar-refractivity contribution in [3.8, 4) is 0 Å². The van der Waals surface area contributed by atoms with Crippen LogP contribution in [0, 0.1) is 6.92 Å². The second-order valence-corrected chi connectivity index (χ2v) is 5.17. The number of hydrogen-bond acceptors (Lipinski definition) is 2. The lowest BCUT2D eigenvalue weighted by Crippen LogP contribution is -2.14. The van der Waals surface area contributed by atoms with Crippen LogP contribution in [0.2, 0.25) is 0 Å². The summed E-state index contributed by atoms with van der Waals surface area (Å²) in [7, 11) is 1.76. The Morgan fingerprint density at radius 3 is 2.76 bits per heavy atom. The fourth-order valence-electron chi connectivity index (χ4n) is 1.65. The molecule has 0 aliphatic rings. The fraction of sp³-hybridized carbons (Fsp3) is 0.571. The van der Waals surface area contributed by atoms with Gasteiger partial charge in [0.05, 0.1) is 0 Å². The molecule has 0 atom stereocenters.